The molecule has 0 aliphatic carbocycles. The van der Waals surface area contributed by atoms with Crippen molar-refractivity contribution in [1.29, 1.82) is 0 Å². The molecule has 1 saturated heterocycles. The molecule has 34 heavy (non-hydrogen) atoms. The summed E-state index contributed by atoms with van der Waals surface area (Å²) >= 11 is 5.96. The summed E-state index contributed by atoms with van der Waals surface area (Å²) in [6.07, 6.45) is 4.60. The SMILES string of the molecule is COC(=O)C=Cc1cc(F)ccc1OC[C@@](C)(O)CNC1CCN(Cc2ccc(Cl)cc2)CC1. The van der Waals surface area contributed by atoms with Gasteiger partial charge in [0.2, 0.25) is 0 Å². The van der Waals surface area contributed by atoms with E-state index in [1.54, 1.807) is 6.92 Å². The highest BCUT2D eigenvalue weighted by Gasteiger charge is 2.25. The first-order valence-electron chi connectivity index (χ1n) is 11.3. The summed E-state index contributed by atoms with van der Waals surface area (Å²) in [5.74, 6) is -0.629. The van der Waals surface area contributed by atoms with Gasteiger partial charge in [-0.1, -0.05) is 23.7 Å². The Kier molecular flexibility index (Phi) is 9.47. The van der Waals surface area contributed by atoms with Gasteiger partial charge in [-0.15, -0.1) is 0 Å². The Labute approximate surface area is 205 Å². The minimum Gasteiger partial charge on any atom is -0.490 e. The fraction of sp³-hybridized carbons (Fsp3) is 0.423. The van der Waals surface area contributed by atoms with Crippen LogP contribution in [-0.4, -0.2) is 61.0 Å². The molecule has 3 rings (SSSR count). The zero-order valence-corrected chi connectivity index (χ0v) is 20.4. The number of nitrogens with zero attached hydrogens (tertiary/aromatic N) is 1. The number of esters is 1. The van der Waals surface area contributed by atoms with Crippen LogP contribution in [-0.2, 0) is 16.1 Å². The van der Waals surface area contributed by atoms with Crippen molar-refractivity contribution in [2.75, 3.05) is 33.4 Å². The highest BCUT2D eigenvalue weighted by molar-refractivity contribution is 6.30. The number of piperidine rings is 1. The van der Waals surface area contributed by atoms with Gasteiger partial charge in [0.1, 0.15) is 23.8 Å². The Balaban J connectivity index is 1.45. The molecule has 1 heterocycles. The lowest BCUT2D eigenvalue weighted by molar-refractivity contribution is -0.134. The summed E-state index contributed by atoms with van der Waals surface area (Å²) < 4.78 is 24.0. The summed E-state index contributed by atoms with van der Waals surface area (Å²) in [6, 6.07) is 12.3. The molecule has 0 bridgehead atoms. The third-order valence-electron chi connectivity index (χ3n) is 5.79. The fourth-order valence-electron chi connectivity index (χ4n) is 3.80. The molecule has 8 heteroatoms. The smallest absolute Gasteiger partial charge is 0.330 e. The van der Waals surface area contributed by atoms with Gasteiger partial charge in [0.25, 0.3) is 0 Å². The van der Waals surface area contributed by atoms with Crippen molar-refractivity contribution in [2.45, 2.75) is 38.0 Å². The van der Waals surface area contributed by atoms with Gasteiger partial charge in [-0.25, -0.2) is 9.18 Å². The molecule has 1 atom stereocenters. The predicted molar refractivity (Wildman–Crippen MR) is 131 cm³/mol. The van der Waals surface area contributed by atoms with Gasteiger partial charge in [-0.3, -0.25) is 4.90 Å². The molecule has 1 aliphatic rings. The summed E-state index contributed by atoms with van der Waals surface area (Å²) in [5, 5.41) is 15.0. The number of ether oxygens (including phenoxy) is 2. The number of halogens is 2. The van der Waals surface area contributed by atoms with E-state index in [0.717, 1.165) is 37.5 Å². The number of methoxy groups -OCH3 is 1. The molecular formula is C26H32ClFN2O4. The molecule has 0 saturated carbocycles. The number of aliphatic hydroxyl groups is 1. The van der Waals surface area contributed by atoms with E-state index in [1.165, 1.54) is 43.0 Å². The second-order valence-electron chi connectivity index (χ2n) is 8.88. The zero-order valence-electron chi connectivity index (χ0n) is 19.6. The van der Waals surface area contributed by atoms with Crippen molar-refractivity contribution in [3.8, 4) is 5.75 Å². The van der Waals surface area contributed by atoms with E-state index >= 15 is 0 Å². The number of hydrogen-bond acceptors (Lipinski definition) is 6. The van der Waals surface area contributed by atoms with Crippen LogP contribution in [0.1, 0.15) is 30.9 Å². The summed E-state index contributed by atoms with van der Waals surface area (Å²) in [6.45, 7) is 4.93. The summed E-state index contributed by atoms with van der Waals surface area (Å²) in [5.41, 5.74) is 0.512. The van der Waals surface area contributed by atoms with Crippen LogP contribution in [0.15, 0.2) is 48.5 Å². The average molecular weight is 491 g/mol. The van der Waals surface area contributed by atoms with Crippen LogP contribution in [0.2, 0.25) is 5.02 Å². The number of carbonyl (C=O) groups is 1. The third kappa shape index (κ3) is 8.40. The van der Waals surface area contributed by atoms with Crippen molar-refractivity contribution in [2.24, 2.45) is 0 Å². The van der Waals surface area contributed by atoms with E-state index in [-0.39, 0.29) is 6.61 Å². The molecule has 0 amide bonds. The van der Waals surface area contributed by atoms with Crippen LogP contribution in [0.5, 0.6) is 5.75 Å². The largest absolute Gasteiger partial charge is 0.490 e. The van der Waals surface area contributed by atoms with Gasteiger partial charge in [0.15, 0.2) is 0 Å². The highest BCUT2D eigenvalue weighted by Crippen LogP contribution is 2.23. The van der Waals surface area contributed by atoms with Crippen LogP contribution < -0.4 is 10.1 Å². The quantitative estimate of drug-likeness (QED) is 0.387. The first kappa shape index (κ1) is 26.2. The first-order chi connectivity index (χ1) is 16.2. The normalized spacial score (nSPS) is 17.0. The molecule has 184 valence electrons. The molecule has 0 spiro atoms. The van der Waals surface area contributed by atoms with Gasteiger partial charge < -0.3 is 19.9 Å². The molecule has 2 aromatic carbocycles. The van der Waals surface area contributed by atoms with E-state index in [2.05, 4.69) is 27.1 Å². The summed E-state index contributed by atoms with van der Waals surface area (Å²) in [4.78, 5) is 13.8. The number of carbonyl (C=O) groups excluding carboxylic acids is 1. The van der Waals surface area contributed by atoms with E-state index in [4.69, 9.17) is 16.3 Å². The Bertz CT molecular complexity index is 973. The van der Waals surface area contributed by atoms with Gasteiger partial charge in [-0.2, -0.15) is 0 Å². The van der Waals surface area contributed by atoms with Crippen LogP contribution in [0.4, 0.5) is 4.39 Å². The minimum atomic E-state index is -1.13. The second kappa shape index (κ2) is 12.3. The van der Waals surface area contributed by atoms with E-state index < -0.39 is 17.4 Å². The molecule has 0 radical (unpaired) electrons. The van der Waals surface area contributed by atoms with Crippen molar-refractivity contribution in [3.63, 3.8) is 0 Å². The standard InChI is InChI=1S/C26H32ClFN2O4/c1-26(32,18-34-24-9-8-22(28)15-20(24)5-10-25(31)33-2)17-29-23-11-13-30(14-12-23)16-19-3-6-21(27)7-4-19/h3-10,15,23,29,32H,11-14,16-18H2,1-2H3/t26-/m0/s1. The molecule has 1 fully saturated rings. The fourth-order valence-corrected chi connectivity index (χ4v) is 3.92. The van der Waals surface area contributed by atoms with Crippen molar-refractivity contribution in [3.05, 3.63) is 70.5 Å². The predicted octanol–water partition coefficient (Wildman–Crippen LogP) is 4.05. The number of hydrogen-bond donors (Lipinski definition) is 2. The topological polar surface area (TPSA) is 71.0 Å². The molecule has 0 unspecified atom stereocenters. The van der Waals surface area contributed by atoms with Gasteiger partial charge in [0, 0.05) is 35.8 Å². The highest BCUT2D eigenvalue weighted by atomic mass is 35.5. The Morgan fingerprint density at radius 2 is 1.97 bits per heavy atom. The minimum absolute atomic E-state index is 0.0140. The van der Waals surface area contributed by atoms with Crippen LogP contribution in [0, 0.1) is 5.82 Å². The number of likely N-dealkylation sites (tertiary alicyclic amines) is 1. The maximum Gasteiger partial charge on any atom is 0.330 e. The first-order valence-corrected chi connectivity index (χ1v) is 11.7. The molecule has 1 aliphatic heterocycles. The molecule has 6 nitrogen and oxygen atoms in total. The third-order valence-corrected chi connectivity index (χ3v) is 6.04. The monoisotopic (exact) mass is 490 g/mol. The maximum atomic E-state index is 13.6. The zero-order chi connectivity index (χ0) is 24.6. The van der Waals surface area contributed by atoms with Crippen LogP contribution in [0.25, 0.3) is 6.08 Å². The van der Waals surface area contributed by atoms with Crippen molar-refractivity contribution < 1.29 is 23.8 Å². The number of rotatable bonds is 10. The lowest BCUT2D eigenvalue weighted by atomic mass is 10.0. The lowest BCUT2D eigenvalue weighted by Gasteiger charge is -2.34. The van der Waals surface area contributed by atoms with Gasteiger partial charge >= 0.3 is 5.97 Å². The Morgan fingerprint density at radius 3 is 2.65 bits per heavy atom. The van der Waals surface area contributed by atoms with E-state index in [1.807, 2.05) is 12.1 Å². The van der Waals surface area contributed by atoms with E-state index in [9.17, 15) is 14.3 Å². The Morgan fingerprint density at radius 1 is 1.26 bits per heavy atom. The Hall–Kier alpha value is -2.45. The van der Waals surface area contributed by atoms with E-state index in [0.29, 0.717) is 23.9 Å². The van der Waals surface area contributed by atoms with Crippen molar-refractivity contribution >= 4 is 23.6 Å². The maximum absolute atomic E-state index is 13.6. The van der Waals surface area contributed by atoms with Crippen LogP contribution in [0.3, 0.4) is 0 Å². The average Bonchev–Trinajstić information content (AvgIpc) is 2.83. The summed E-state index contributed by atoms with van der Waals surface area (Å²) in [7, 11) is 1.27. The molecular weight excluding hydrogens is 459 g/mol. The van der Waals surface area contributed by atoms with Crippen LogP contribution >= 0.6 is 11.6 Å². The van der Waals surface area contributed by atoms with Gasteiger partial charge in [-0.05, 0) is 74.8 Å². The van der Waals surface area contributed by atoms with Crippen molar-refractivity contribution in [1.82, 2.24) is 10.2 Å². The van der Waals surface area contributed by atoms with Gasteiger partial charge in [0.05, 0.1) is 7.11 Å². The molecule has 2 aromatic rings. The molecule has 2 N–H and O–H groups in total. The molecule has 0 aromatic heterocycles. The number of benzene rings is 2. The second-order valence-corrected chi connectivity index (χ2v) is 9.32. The number of nitrogens with one attached hydrogen (secondary N) is 1. The lowest BCUT2D eigenvalue weighted by Crippen LogP contribution is -2.49.